The average Bonchev–Trinajstić information content (AvgIpc) is 2.19. The molecule has 0 spiro atoms. The molecule has 0 atom stereocenters. The average molecular weight is 230 g/mol. The number of likely N-dealkylation sites (N-methyl/N-ethyl adjacent to an activating group) is 1. The number of hydrogen-bond donors (Lipinski definition) is 1. The monoisotopic (exact) mass is 229 g/mol. The Hall–Kier alpha value is -0.500. The van der Waals surface area contributed by atoms with E-state index in [2.05, 4.69) is 12.2 Å². The molecule has 1 aromatic carbocycles. The van der Waals surface area contributed by atoms with E-state index in [-0.39, 0.29) is 0 Å². The molecular formula is C11H13Cl2N. The minimum Gasteiger partial charge on any atom is -0.314 e. The van der Waals surface area contributed by atoms with E-state index < -0.39 is 0 Å². The van der Waals surface area contributed by atoms with Crippen LogP contribution in [0.15, 0.2) is 24.3 Å². The lowest BCUT2D eigenvalue weighted by Crippen LogP contribution is -2.11. The van der Waals surface area contributed by atoms with E-state index in [1.807, 2.05) is 24.3 Å². The highest BCUT2D eigenvalue weighted by atomic mass is 35.5. The smallest absolute Gasteiger partial charge is 0.0664 e. The lowest BCUT2D eigenvalue weighted by atomic mass is 10.2. The highest BCUT2D eigenvalue weighted by Crippen LogP contribution is 2.26. The lowest BCUT2D eigenvalue weighted by molar-refractivity contribution is 0.801. The molecule has 0 bridgehead atoms. The Labute approximate surface area is 94.7 Å². The lowest BCUT2D eigenvalue weighted by Gasteiger charge is -2.00. The van der Waals surface area contributed by atoms with Crippen LogP contribution in [0.4, 0.5) is 0 Å². The van der Waals surface area contributed by atoms with Crippen molar-refractivity contribution in [1.82, 2.24) is 5.32 Å². The summed E-state index contributed by atoms with van der Waals surface area (Å²) in [5, 5.41) is 4.40. The second-order valence-electron chi connectivity index (χ2n) is 2.85. The van der Waals surface area contributed by atoms with Crippen molar-refractivity contribution in [3.8, 4) is 0 Å². The summed E-state index contributed by atoms with van der Waals surface area (Å²) in [6.45, 7) is 3.88. The van der Waals surface area contributed by atoms with Gasteiger partial charge < -0.3 is 5.32 Å². The van der Waals surface area contributed by atoms with Crippen LogP contribution >= 0.6 is 23.2 Å². The normalized spacial score (nSPS) is 11.1. The van der Waals surface area contributed by atoms with E-state index in [0.717, 1.165) is 18.7 Å². The molecule has 3 heteroatoms. The molecule has 0 fully saturated rings. The first-order valence-corrected chi connectivity index (χ1v) is 5.32. The molecule has 0 aromatic heterocycles. The minimum atomic E-state index is 0.595. The van der Waals surface area contributed by atoms with Gasteiger partial charge in [-0.1, -0.05) is 54.4 Å². The Morgan fingerprint density at radius 2 is 2.14 bits per heavy atom. The second kappa shape index (κ2) is 6.07. The summed E-state index contributed by atoms with van der Waals surface area (Å²) < 4.78 is 0. The minimum absolute atomic E-state index is 0.595. The maximum absolute atomic E-state index is 6.00. The molecule has 0 unspecified atom stereocenters. The van der Waals surface area contributed by atoms with Crippen LogP contribution in [0.25, 0.3) is 6.08 Å². The zero-order valence-electron chi connectivity index (χ0n) is 8.06. The molecule has 0 aliphatic carbocycles. The van der Waals surface area contributed by atoms with Gasteiger partial charge in [-0.05, 0) is 18.2 Å². The van der Waals surface area contributed by atoms with Crippen molar-refractivity contribution >= 4 is 29.3 Å². The van der Waals surface area contributed by atoms with Crippen molar-refractivity contribution in [2.45, 2.75) is 6.92 Å². The van der Waals surface area contributed by atoms with Gasteiger partial charge in [-0.25, -0.2) is 0 Å². The van der Waals surface area contributed by atoms with Crippen molar-refractivity contribution in [3.63, 3.8) is 0 Å². The highest BCUT2D eigenvalue weighted by Gasteiger charge is 1.99. The van der Waals surface area contributed by atoms with Crippen LogP contribution in [-0.4, -0.2) is 13.1 Å². The van der Waals surface area contributed by atoms with Crippen LogP contribution in [0.3, 0.4) is 0 Å². The summed E-state index contributed by atoms with van der Waals surface area (Å²) >= 11 is 11.9. The molecule has 1 rings (SSSR count). The Bertz CT molecular complexity index is 321. The van der Waals surface area contributed by atoms with E-state index in [1.54, 1.807) is 6.07 Å². The van der Waals surface area contributed by atoms with Gasteiger partial charge >= 0.3 is 0 Å². The molecule has 14 heavy (non-hydrogen) atoms. The molecule has 1 nitrogen and oxygen atoms in total. The third-order valence-corrected chi connectivity index (χ3v) is 2.62. The van der Waals surface area contributed by atoms with Gasteiger partial charge in [0.2, 0.25) is 0 Å². The standard InChI is InChI=1S/C11H13Cl2N/c1-2-14-8-4-6-9-5-3-7-10(12)11(9)13/h3-7,14H,2,8H2,1H3. The van der Waals surface area contributed by atoms with E-state index in [9.17, 15) is 0 Å². The zero-order valence-corrected chi connectivity index (χ0v) is 9.57. The fourth-order valence-corrected chi connectivity index (χ4v) is 1.43. The number of halogens is 2. The first-order chi connectivity index (χ1) is 6.75. The van der Waals surface area contributed by atoms with Crippen molar-refractivity contribution in [3.05, 3.63) is 39.9 Å². The molecule has 0 saturated carbocycles. The van der Waals surface area contributed by atoms with Gasteiger partial charge in [0.1, 0.15) is 0 Å². The Morgan fingerprint density at radius 1 is 1.36 bits per heavy atom. The number of rotatable bonds is 4. The van der Waals surface area contributed by atoms with Gasteiger partial charge in [0.15, 0.2) is 0 Å². The maximum atomic E-state index is 6.00. The third kappa shape index (κ3) is 3.33. The van der Waals surface area contributed by atoms with Crippen LogP contribution in [0.2, 0.25) is 10.0 Å². The van der Waals surface area contributed by atoms with Crippen molar-refractivity contribution < 1.29 is 0 Å². The van der Waals surface area contributed by atoms with Crippen LogP contribution in [0.1, 0.15) is 12.5 Å². The molecule has 1 N–H and O–H groups in total. The number of benzene rings is 1. The summed E-state index contributed by atoms with van der Waals surface area (Å²) in [6, 6.07) is 5.61. The van der Waals surface area contributed by atoms with E-state index in [1.165, 1.54) is 0 Å². The van der Waals surface area contributed by atoms with E-state index in [4.69, 9.17) is 23.2 Å². The quantitative estimate of drug-likeness (QED) is 0.779. The molecule has 0 saturated heterocycles. The van der Waals surface area contributed by atoms with Gasteiger partial charge in [0.05, 0.1) is 10.0 Å². The molecule has 0 aliphatic rings. The SMILES string of the molecule is CCNCC=Cc1cccc(Cl)c1Cl. The molecule has 0 radical (unpaired) electrons. The van der Waals surface area contributed by atoms with Gasteiger partial charge in [-0.3, -0.25) is 0 Å². The van der Waals surface area contributed by atoms with Crippen molar-refractivity contribution in [1.29, 1.82) is 0 Å². The van der Waals surface area contributed by atoms with Crippen molar-refractivity contribution in [2.24, 2.45) is 0 Å². The molecule has 76 valence electrons. The zero-order chi connectivity index (χ0) is 10.4. The van der Waals surface area contributed by atoms with E-state index in [0.29, 0.717) is 10.0 Å². The largest absolute Gasteiger partial charge is 0.314 e. The van der Waals surface area contributed by atoms with Crippen LogP contribution in [-0.2, 0) is 0 Å². The Morgan fingerprint density at radius 3 is 2.86 bits per heavy atom. The molecule has 1 aromatic rings. The fourth-order valence-electron chi connectivity index (χ4n) is 1.06. The van der Waals surface area contributed by atoms with Gasteiger partial charge in [0, 0.05) is 6.54 Å². The summed E-state index contributed by atoms with van der Waals surface area (Å²) in [7, 11) is 0. The predicted molar refractivity (Wildman–Crippen MR) is 64.0 cm³/mol. The Kier molecular flexibility index (Phi) is 5.02. The summed E-state index contributed by atoms with van der Waals surface area (Å²) in [5.74, 6) is 0. The Balaban J connectivity index is 2.67. The maximum Gasteiger partial charge on any atom is 0.0664 e. The molecule has 0 aliphatic heterocycles. The number of hydrogen-bond acceptors (Lipinski definition) is 1. The molecule has 0 amide bonds. The van der Waals surface area contributed by atoms with Gasteiger partial charge in [-0.2, -0.15) is 0 Å². The summed E-state index contributed by atoms with van der Waals surface area (Å²) in [5.41, 5.74) is 0.956. The fraction of sp³-hybridized carbons (Fsp3) is 0.273. The first-order valence-electron chi connectivity index (χ1n) is 4.57. The summed E-state index contributed by atoms with van der Waals surface area (Å²) in [4.78, 5) is 0. The third-order valence-electron chi connectivity index (χ3n) is 1.79. The van der Waals surface area contributed by atoms with Crippen LogP contribution in [0.5, 0.6) is 0 Å². The van der Waals surface area contributed by atoms with Crippen LogP contribution < -0.4 is 5.32 Å². The molecular weight excluding hydrogens is 217 g/mol. The van der Waals surface area contributed by atoms with E-state index >= 15 is 0 Å². The number of nitrogens with one attached hydrogen (secondary N) is 1. The topological polar surface area (TPSA) is 12.0 Å². The second-order valence-corrected chi connectivity index (χ2v) is 3.64. The molecule has 0 heterocycles. The summed E-state index contributed by atoms with van der Waals surface area (Å²) in [6.07, 6.45) is 4.00. The highest BCUT2D eigenvalue weighted by molar-refractivity contribution is 6.42. The predicted octanol–water partition coefficient (Wildman–Crippen LogP) is 3.62. The van der Waals surface area contributed by atoms with Crippen LogP contribution in [0, 0.1) is 0 Å². The van der Waals surface area contributed by atoms with Crippen molar-refractivity contribution in [2.75, 3.05) is 13.1 Å². The first kappa shape index (κ1) is 11.6. The van der Waals surface area contributed by atoms with Gasteiger partial charge in [-0.15, -0.1) is 0 Å². The van der Waals surface area contributed by atoms with Gasteiger partial charge in [0.25, 0.3) is 0 Å².